The zero-order chi connectivity index (χ0) is 17.2. The van der Waals surface area contributed by atoms with Crippen LogP contribution in [0.15, 0.2) is 12.7 Å². The Hall–Kier alpha value is -0.476. The van der Waals surface area contributed by atoms with Gasteiger partial charge in [-0.2, -0.15) is 0 Å². The van der Waals surface area contributed by atoms with Gasteiger partial charge in [0.15, 0.2) is 8.32 Å². The maximum atomic E-state index is 12.0. The second-order valence-corrected chi connectivity index (χ2v) is 14.3. The molecule has 22 heavy (non-hydrogen) atoms. The zero-order valence-corrected chi connectivity index (χ0v) is 17.1. The molecule has 0 aromatic carbocycles. The average Bonchev–Trinajstić information content (AvgIpc) is 2.52. The fourth-order valence-corrected chi connectivity index (χ4v) is 4.73. The molecule has 130 valence electrons. The minimum absolute atomic E-state index is 0.00454. The number of nitrogens with zero attached hydrogens (tertiary/aromatic N) is 1. The molecular weight excluding hydrogens is 314 g/mol. The summed E-state index contributed by atoms with van der Waals surface area (Å²) in [7, 11) is 1.55. The molecule has 0 bridgehead atoms. The summed E-state index contributed by atoms with van der Waals surface area (Å²) < 4.78 is 16.5. The monoisotopic (exact) mass is 347 g/mol. The van der Waals surface area contributed by atoms with Crippen LogP contribution in [0.25, 0.3) is 0 Å². The molecule has 0 heterocycles. The molecule has 0 aliphatic carbocycles. The predicted molar refractivity (Wildman–Crippen MR) is 95.8 cm³/mol. The van der Waals surface area contributed by atoms with Crippen LogP contribution in [0, 0.1) is 0 Å². The van der Waals surface area contributed by atoms with Crippen molar-refractivity contribution in [2.24, 2.45) is 0 Å². The molecule has 0 aliphatic heterocycles. The van der Waals surface area contributed by atoms with E-state index < -0.39 is 16.9 Å². The zero-order valence-electron chi connectivity index (χ0n) is 15.1. The summed E-state index contributed by atoms with van der Waals surface area (Å²) in [6.07, 6.45) is 3.24. The lowest BCUT2D eigenvalue weighted by Crippen LogP contribution is -2.38. The highest BCUT2D eigenvalue weighted by Gasteiger charge is 2.28. The maximum absolute atomic E-state index is 12.0. The molecule has 1 amide bonds. The number of carbonyl (C=O) groups excluding carboxylic acids is 1. The number of hydrogen-bond donors (Lipinski definition) is 0. The lowest BCUT2D eigenvalue weighted by atomic mass is 10.3. The van der Waals surface area contributed by atoms with Crippen molar-refractivity contribution in [1.82, 2.24) is 4.90 Å². The van der Waals surface area contributed by atoms with Gasteiger partial charge in [-0.15, -0.1) is 0 Å². The SMILES string of the molecule is C=CC(=O)N(CCC[Si](C)(C)OC)CCC[Si](C)(OC)OC. The highest BCUT2D eigenvalue weighted by molar-refractivity contribution is 6.71. The summed E-state index contributed by atoms with van der Waals surface area (Å²) >= 11 is 0. The van der Waals surface area contributed by atoms with Crippen LogP contribution in [0.5, 0.6) is 0 Å². The van der Waals surface area contributed by atoms with Gasteiger partial charge >= 0.3 is 8.56 Å². The van der Waals surface area contributed by atoms with Crippen molar-refractivity contribution in [3.05, 3.63) is 12.7 Å². The van der Waals surface area contributed by atoms with Crippen LogP contribution in [0.1, 0.15) is 12.8 Å². The minimum atomic E-state index is -2.05. The Kier molecular flexibility index (Phi) is 10.1. The molecule has 0 radical (unpaired) electrons. The fourth-order valence-electron chi connectivity index (χ4n) is 2.14. The third kappa shape index (κ3) is 8.23. The third-order valence-corrected chi connectivity index (χ3v) is 9.82. The molecule has 0 fully saturated rings. The molecule has 0 spiro atoms. The van der Waals surface area contributed by atoms with E-state index in [2.05, 4.69) is 19.7 Å². The Bertz CT molecular complexity index is 346. The van der Waals surface area contributed by atoms with E-state index in [-0.39, 0.29) is 5.91 Å². The molecule has 0 aromatic rings. The van der Waals surface area contributed by atoms with Crippen LogP contribution >= 0.6 is 0 Å². The van der Waals surface area contributed by atoms with Gasteiger partial charge in [-0.1, -0.05) is 6.58 Å². The third-order valence-electron chi connectivity index (χ3n) is 4.17. The smallest absolute Gasteiger partial charge is 0.334 e. The molecule has 7 heteroatoms. The summed E-state index contributed by atoms with van der Waals surface area (Å²) in [4.78, 5) is 13.8. The van der Waals surface area contributed by atoms with Crippen molar-refractivity contribution in [1.29, 1.82) is 0 Å². The van der Waals surface area contributed by atoms with Gasteiger partial charge in [0, 0.05) is 34.4 Å². The Morgan fingerprint density at radius 2 is 1.50 bits per heavy atom. The maximum Gasteiger partial charge on any atom is 0.334 e. The summed E-state index contributed by atoms with van der Waals surface area (Å²) in [6.45, 7) is 11.5. The van der Waals surface area contributed by atoms with Gasteiger partial charge in [-0.05, 0) is 50.6 Å². The molecule has 0 saturated heterocycles. The predicted octanol–water partition coefficient (Wildman–Crippen LogP) is 3.00. The first-order valence-corrected chi connectivity index (χ1v) is 13.4. The van der Waals surface area contributed by atoms with Gasteiger partial charge in [0.05, 0.1) is 0 Å². The van der Waals surface area contributed by atoms with E-state index in [4.69, 9.17) is 13.3 Å². The Labute approximate surface area is 138 Å². The van der Waals surface area contributed by atoms with Crippen LogP contribution < -0.4 is 0 Å². The first-order valence-electron chi connectivity index (χ1n) is 7.80. The highest BCUT2D eigenvalue weighted by atomic mass is 28.4. The minimum Gasteiger partial charge on any atom is -0.420 e. The van der Waals surface area contributed by atoms with Crippen molar-refractivity contribution < 1.29 is 18.1 Å². The topological polar surface area (TPSA) is 48.0 Å². The standard InChI is InChI=1S/C15H33NO4Si2/c1-8-15(17)16(11-9-13-21(5,6)18-2)12-10-14-22(7,19-3)20-4/h8H,1,9-14H2,2-7H3. The van der Waals surface area contributed by atoms with E-state index in [9.17, 15) is 4.79 Å². The Balaban J connectivity index is 4.36. The van der Waals surface area contributed by atoms with Gasteiger partial charge in [0.2, 0.25) is 5.91 Å². The van der Waals surface area contributed by atoms with Crippen LogP contribution in [-0.4, -0.2) is 62.1 Å². The molecule has 5 nitrogen and oxygen atoms in total. The van der Waals surface area contributed by atoms with Crippen LogP contribution in [0.3, 0.4) is 0 Å². The lowest BCUT2D eigenvalue weighted by molar-refractivity contribution is -0.126. The fraction of sp³-hybridized carbons (Fsp3) is 0.800. The van der Waals surface area contributed by atoms with E-state index in [1.807, 2.05) is 11.4 Å². The van der Waals surface area contributed by atoms with Crippen molar-refractivity contribution in [3.8, 4) is 0 Å². The van der Waals surface area contributed by atoms with Gasteiger partial charge in [-0.25, -0.2) is 0 Å². The van der Waals surface area contributed by atoms with Crippen LogP contribution in [0.4, 0.5) is 0 Å². The van der Waals surface area contributed by atoms with Crippen molar-refractivity contribution in [2.75, 3.05) is 34.4 Å². The van der Waals surface area contributed by atoms with Crippen molar-refractivity contribution in [3.63, 3.8) is 0 Å². The van der Waals surface area contributed by atoms with E-state index in [0.29, 0.717) is 0 Å². The second-order valence-electron chi connectivity index (χ2n) is 6.24. The van der Waals surface area contributed by atoms with Gasteiger partial charge in [-0.3, -0.25) is 4.79 Å². The molecule has 0 atom stereocenters. The van der Waals surface area contributed by atoms with Crippen LogP contribution in [-0.2, 0) is 18.1 Å². The summed E-state index contributed by atoms with van der Waals surface area (Å²) in [6, 6.07) is 1.92. The molecule has 0 aliphatic rings. The van der Waals surface area contributed by atoms with Gasteiger partial charge in [0.25, 0.3) is 0 Å². The summed E-state index contributed by atoms with van der Waals surface area (Å²) in [5.74, 6) is -0.00454. The summed E-state index contributed by atoms with van der Waals surface area (Å²) in [5, 5.41) is 0. The number of rotatable bonds is 12. The van der Waals surface area contributed by atoms with E-state index >= 15 is 0 Å². The Morgan fingerprint density at radius 1 is 1.00 bits per heavy atom. The molecular formula is C15H33NO4Si2. The van der Waals surface area contributed by atoms with E-state index in [1.165, 1.54) is 6.08 Å². The van der Waals surface area contributed by atoms with E-state index in [0.717, 1.165) is 38.0 Å². The second kappa shape index (κ2) is 10.3. The first kappa shape index (κ1) is 21.5. The molecule has 0 aromatic heterocycles. The highest BCUT2D eigenvalue weighted by Crippen LogP contribution is 2.16. The molecule has 0 N–H and O–H groups in total. The van der Waals surface area contributed by atoms with Crippen molar-refractivity contribution in [2.45, 2.75) is 44.6 Å². The largest absolute Gasteiger partial charge is 0.420 e. The quantitative estimate of drug-likeness (QED) is 0.402. The van der Waals surface area contributed by atoms with Gasteiger partial charge in [0.1, 0.15) is 0 Å². The van der Waals surface area contributed by atoms with Crippen molar-refractivity contribution >= 4 is 22.8 Å². The number of carbonyl (C=O) groups is 1. The lowest BCUT2D eigenvalue weighted by Gasteiger charge is -2.27. The Morgan fingerprint density at radius 3 is 1.91 bits per heavy atom. The molecule has 0 saturated carbocycles. The number of hydrogen-bond acceptors (Lipinski definition) is 4. The van der Waals surface area contributed by atoms with Crippen LogP contribution in [0.2, 0.25) is 31.7 Å². The summed E-state index contributed by atoms with van der Waals surface area (Å²) in [5.41, 5.74) is 0. The normalized spacial score (nSPS) is 12.3. The molecule has 0 rings (SSSR count). The van der Waals surface area contributed by atoms with Gasteiger partial charge < -0.3 is 18.2 Å². The first-order chi connectivity index (χ1) is 10.2. The number of amides is 1. The average molecular weight is 348 g/mol. The van der Waals surface area contributed by atoms with E-state index in [1.54, 1.807) is 21.3 Å². The molecule has 0 unspecified atom stereocenters.